The van der Waals surface area contributed by atoms with E-state index in [1.165, 1.54) is 25.3 Å². The molecule has 0 spiro atoms. The van der Waals surface area contributed by atoms with E-state index in [9.17, 15) is 4.39 Å². The van der Waals surface area contributed by atoms with Gasteiger partial charge in [-0.05, 0) is 34.8 Å². The second-order valence-electron chi connectivity index (χ2n) is 4.89. The number of benzene rings is 1. The van der Waals surface area contributed by atoms with Crippen LogP contribution in [0.4, 0.5) is 10.3 Å². The van der Waals surface area contributed by atoms with E-state index in [1.54, 1.807) is 6.07 Å². The van der Waals surface area contributed by atoms with Crippen molar-refractivity contribution in [3.8, 4) is 0 Å². The normalized spacial score (nSPS) is 17.4. The molecule has 1 aliphatic carbocycles. The van der Waals surface area contributed by atoms with Crippen LogP contribution in [0, 0.1) is 5.82 Å². The molecule has 96 valence electrons. The van der Waals surface area contributed by atoms with Crippen molar-refractivity contribution in [1.29, 1.82) is 0 Å². The minimum absolute atomic E-state index is 0.296. The quantitative estimate of drug-likeness (QED) is 0.864. The van der Waals surface area contributed by atoms with E-state index in [1.807, 2.05) is 0 Å². The van der Waals surface area contributed by atoms with Gasteiger partial charge in [0.1, 0.15) is 5.82 Å². The van der Waals surface area contributed by atoms with Gasteiger partial charge in [0, 0.05) is 12.1 Å². The van der Waals surface area contributed by atoms with Crippen molar-refractivity contribution < 1.29 is 4.39 Å². The van der Waals surface area contributed by atoms with Crippen molar-refractivity contribution in [3.63, 3.8) is 0 Å². The van der Waals surface area contributed by atoms with Gasteiger partial charge in [-0.25, -0.2) is 9.37 Å². The Bertz CT molecular complexity index is 587. The van der Waals surface area contributed by atoms with Gasteiger partial charge in [-0.15, -0.1) is 0 Å². The summed E-state index contributed by atoms with van der Waals surface area (Å²) in [6.45, 7) is 0. The second-order valence-corrected chi connectivity index (χ2v) is 5.74. The highest BCUT2D eigenvalue weighted by molar-refractivity contribution is 9.10. The van der Waals surface area contributed by atoms with Crippen molar-refractivity contribution in [3.05, 3.63) is 22.4 Å². The number of nitrogens with zero attached hydrogens (tertiary/aromatic N) is 2. The number of halogens is 2. The zero-order valence-electron chi connectivity index (χ0n) is 10.00. The van der Waals surface area contributed by atoms with Gasteiger partial charge in [0.05, 0.1) is 15.5 Å². The van der Waals surface area contributed by atoms with Crippen LogP contribution in [0.1, 0.15) is 38.1 Å². The fourth-order valence-electron chi connectivity index (χ4n) is 2.83. The smallest absolute Gasteiger partial charge is 0.201 e. The highest BCUT2D eigenvalue weighted by Crippen LogP contribution is 2.34. The summed E-state index contributed by atoms with van der Waals surface area (Å²) in [6, 6.07) is 3.62. The lowest BCUT2D eigenvalue weighted by Crippen LogP contribution is -2.14. The Labute approximate surface area is 113 Å². The van der Waals surface area contributed by atoms with Crippen molar-refractivity contribution >= 4 is 32.9 Å². The zero-order chi connectivity index (χ0) is 12.7. The van der Waals surface area contributed by atoms with Crippen LogP contribution in [0.25, 0.3) is 11.0 Å². The van der Waals surface area contributed by atoms with Gasteiger partial charge in [-0.1, -0.05) is 19.3 Å². The molecule has 1 aliphatic rings. The number of nitrogen functional groups attached to an aromatic ring is 1. The molecule has 0 saturated heterocycles. The lowest BCUT2D eigenvalue weighted by atomic mass is 9.95. The molecule has 1 saturated carbocycles. The lowest BCUT2D eigenvalue weighted by Gasteiger charge is -2.24. The average molecular weight is 312 g/mol. The summed E-state index contributed by atoms with van der Waals surface area (Å²) in [5.74, 6) is 0.199. The molecule has 2 N–H and O–H groups in total. The Kier molecular flexibility index (Phi) is 3.01. The van der Waals surface area contributed by atoms with E-state index in [0.29, 0.717) is 22.0 Å². The number of imidazole rings is 1. The second kappa shape index (κ2) is 4.53. The molecular formula is C13H15BrFN3. The summed E-state index contributed by atoms with van der Waals surface area (Å²) in [7, 11) is 0. The number of hydrogen-bond acceptors (Lipinski definition) is 2. The van der Waals surface area contributed by atoms with Crippen LogP contribution in [-0.2, 0) is 0 Å². The van der Waals surface area contributed by atoms with Gasteiger partial charge >= 0.3 is 0 Å². The SMILES string of the molecule is Nc1nc2cc(F)c(Br)cc2n1C1CCCCC1. The Hall–Kier alpha value is -1.10. The third-order valence-electron chi connectivity index (χ3n) is 3.70. The van der Waals surface area contributed by atoms with Crippen LogP contribution in [0.3, 0.4) is 0 Å². The fourth-order valence-corrected chi connectivity index (χ4v) is 3.16. The predicted molar refractivity (Wildman–Crippen MR) is 73.9 cm³/mol. The van der Waals surface area contributed by atoms with Crippen LogP contribution in [0.2, 0.25) is 0 Å². The summed E-state index contributed by atoms with van der Waals surface area (Å²) in [5, 5.41) is 0. The first-order chi connectivity index (χ1) is 8.66. The van der Waals surface area contributed by atoms with Crippen LogP contribution < -0.4 is 5.73 Å². The topological polar surface area (TPSA) is 43.8 Å². The number of anilines is 1. The molecule has 0 atom stereocenters. The molecule has 0 aliphatic heterocycles. The highest BCUT2D eigenvalue weighted by atomic mass is 79.9. The lowest BCUT2D eigenvalue weighted by molar-refractivity contribution is 0.363. The summed E-state index contributed by atoms with van der Waals surface area (Å²) in [5.41, 5.74) is 7.56. The van der Waals surface area contributed by atoms with Crippen molar-refractivity contribution in [2.75, 3.05) is 5.73 Å². The molecular weight excluding hydrogens is 297 g/mol. The number of fused-ring (bicyclic) bond motifs is 1. The van der Waals surface area contributed by atoms with Crippen molar-refractivity contribution in [2.24, 2.45) is 0 Å². The molecule has 5 heteroatoms. The summed E-state index contributed by atoms with van der Waals surface area (Å²) < 4.78 is 16.0. The van der Waals surface area contributed by atoms with E-state index < -0.39 is 0 Å². The minimum atomic E-state index is -0.296. The molecule has 0 radical (unpaired) electrons. The molecule has 18 heavy (non-hydrogen) atoms. The first kappa shape index (κ1) is 12.0. The number of nitrogens with two attached hydrogens (primary N) is 1. The number of hydrogen-bond donors (Lipinski definition) is 1. The standard InChI is InChI=1S/C13H15BrFN3/c14-9-6-12-11(7-10(9)15)17-13(16)18(12)8-4-2-1-3-5-8/h6-8H,1-5H2,(H2,16,17). The van der Waals surface area contributed by atoms with Gasteiger partial charge in [0.15, 0.2) is 0 Å². The maximum absolute atomic E-state index is 13.5. The average Bonchev–Trinajstić information content (AvgIpc) is 2.66. The van der Waals surface area contributed by atoms with Crippen LogP contribution >= 0.6 is 15.9 Å². The van der Waals surface area contributed by atoms with Gasteiger partial charge in [-0.3, -0.25) is 0 Å². The summed E-state index contributed by atoms with van der Waals surface area (Å²) in [4.78, 5) is 4.27. The van der Waals surface area contributed by atoms with Gasteiger partial charge < -0.3 is 10.3 Å². The van der Waals surface area contributed by atoms with Crippen molar-refractivity contribution in [2.45, 2.75) is 38.1 Å². The third-order valence-corrected chi connectivity index (χ3v) is 4.31. The molecule has 2 aromatic rings. The van der Waals surface area contributed by atoms with Gasteiger partial charge in [0.25, 0.3) is 0 Å². The Balaban J connectivity index is 2.15. The number of rotatable bonds is 1. The van der Waals surface area contributed by atoms with Crippen LogP contribution in [0.15, 0.2) is 16.6 Å². The summed E-state index contributed by atoms with van der Waals surface area (Å²) in [6.07, 6.45) is 6.01. The maximum atomic E-state index is 13.5. The van der Waals surface area contributed by atoms with E-state index in [2.05, 4.69) is 25.5 Å². The molecule has 1 fully saturated rings. The van der Waals surface area contributed by atoms with Gasteiger partial charge in [0.2, 0.25) is 5.95 Å². The minimum Gasteiger partial charge on any atom is -0.369 e. The monoisotopic (exact) mass is 311 g/mol. The summed E-state index contributed by atoms with van der Waals surface area (Å²) >= 11 is 3.23. The van der Waals surface area contributed by atoms with Gasteiger partial charge in [-0.2, -0.15) is 0 Å². The Morgan fingerprint density at radius 1 is 1.28 bits per heavy atom. The van der Waals surface area contributed by atoms with Crippen LogP contribution in [0.5, 0.6) is 0 Å². The molecule has 0 unspecified atom stereocenters. The molecule has 1 heterocycles. The fraction of sp³-hybridized carbons (Fsp3) is 0.462. The number of aromatic nitrogens is 2. The van der Waals surface area contributed by atoms with E-state index >= 15 is 0 Å². The first-order valence-electron chi connectivity index (χ1n) is 6.29. The highest BCUT2D eigenvalue weighted by Gasteiger charge is 2.21. The van der Waals surface area contributed by atoms with E-state index in [-0.39, 0.29) is 5.82 Å². The van der Waals surface area contributed by atoms with Crippen LogP contribution in [-0.4, -0.2) is 9.55 Å². The van der Waals surface area contributed by atoms with Crippen molar-refractivity contribution in [1.82, 2.24) is 9.55 Å². The predicted octanol–water partition coefficient (Wildman–Crippen LogP) is 4.03. The van der Waals surface area contributed by atoms with E-state index in [4.69, 9.17) is 5.73 Å². The molecule has 3 nitrogen and oxygen atoms in total. The molecule has 3 rings (SSSR count). The Morgan fingerprint density at radius 3 is 2.72 bits per heavy atom. The molecule has 1 aromatic heterocycles. The molecule has 0 bridgehead atoms. The first-order valence-corrected chi connectivity index (χ1v) is 7.08. The third kappa shape index (κ3) is 1.90. The molecule has 0 amide bonds. The Morgan fingerprint density at radius 2 is 2.00 bits per heavy atom. The largest absolute Gasteiger partial charge is 0.369 e. The van der Waals surface area contributed by atoms with E-state index in [0.717, 1.165) is 18.4 Å². The molecule has 1 aromatic carbocycles. The maximum Gasteiger partial charge on any atom is 0.201 e. The zero-order valence-corrected chi connectivity index (χ0v) is 11.6.